The molecule has 0 amide bonds. The van der Waals surface area contributed by atoms with Gasteiger partial charge in [-0.05, 0) is 45.7 Å². The number of ether oxygens (including phenoxy) is 2. The van der Waals surface area contributed by atoms with Gasteiger partial charge in [-0.1, -0.05) is 12.1 Å². The number of para-hydroxylation sites is 1. The number of hydrogen-bond donors (Lipinski definition) is 1. The summed E-state index contributed by atoms with van der Waals surface area (Å²) in [6.45, 7) is 6.37. The summed E-state index contributed by atoms with van der Waals surface area (Å²) in [6.07, 6.45) is 2.38. The van der Waals surface area contributed by atoms with Crippen molar-refractivity contribution in [2.75, 3.05) is 11.9 Å². The number of rotatable bonds is 4. The van der Waals surface area contributed by atoms with E-state index in [0.29, 0.717) is 18.2 Å². The van der Waals surface area contributed by atoms with E-state index in [2.05, 4.69) is 19.2 Å². The Bertz CT molecular complexity index is 451. The molecule has 1 aromatic carbocycles. The molecule has 20 heavy (non-hydrogen) atoms. The van der Waals surface area contributed by atoms with Crippen LogP contribution >= 0.6 is 0 Å². The zero-order valence-corrected chi connectivity index (χ0v) is 12.4. The number of anilines is 1. The third-order valence-corrected chi connectivity index (χ3v) is 3.48. The smallest absolute Gasteiger partial charge is 0.340 e. The van der Waals surface area contributed by atoms with Crippen LogP contribution in [0, 0.1) is 0 Å². The van der Waals surface area contributed by atoms with Gasteiger partial charge < -0.3 is 14.8 Å². The van der Waals surface area contributed by atoms with Gasteiger partial charge in [0.15, 0.2) is 0 Å². The molecule has 0 aliphatic carbocycles. The average Bonchev–Trinajstić information content (AvgIpc) is 2.38. The molecule has 4 nitrogen and oxygen atoms in total. The van der Waals surface area contributed by atoms with Crippen LogP contribution in [0.4, 0.5) is 5.69 Å². The highest BCUT2D eigenvalue weighted by Gasteiger charge is 2.25. The lowest BCUT2D eigenvalue weighted by molar-refractivity contribution is -0.0337. The fourth-order valence-electron chi connectivity index (χ4n) is 2.74. The molecule has 1 aliphatic heterocycles. The Hall–Kier alpha value is -1.55. The Labute approximate surface area is 120 Å². The summed E-state index contributed by atoms with van der Waals surface area (Å²) in [4.78, 5) is 11.9. The van der Waals surface area contributed by atoms with Crippen LogP contribution in [0.1, 0.15) is 44.0 Å². The van der Waals surface area contributed by atoms with Crippen molar-refractivity contribution in [3.05, 3.63) is 29.8 Å². The minimum absolute atomic E-state index is 0.242. The van der Waals surface area contributed by atoms with Crippen molar-refractivity contribution >= 4 is 11.7 Å². The van der Waals surface area contributed by atoms with Gasteiger partial charge in [-0.15, -0.1) is 0 Å². The minimum atomic E-state index is -0.274. The second-order valence-corrected chi connectivity index (χ2v) is 5.34. The normalized spacial score (nSPS) is 26.1. The number of nitrogens with one attached hydrogen (secondary N) is 1. The van der Waals surface area contributed by atoms with E-state index in [1.807, 2.05) is 25.1 Å². The van der Waals surface area contributed by atoms with Gasteiger partial charge in [-0.25, -0.2) is 4.79 Å². The molecule has 110 valence electrons. The third-order valence-electron chi connectivity index (χ3n) is 3.48. The monoisotopic (exact) mass is 277 g/mol. The van der Waals surface area contributed by atoms with Gasteiger partial charge in [0.05, 0.1) is 24.4 Å². The van der Waals surface area contributed by atoms with Gasteiger partial charge in [0.25, 0.3) is 0 Å². The summed E-state index contributed by atoms with van der Waals surface area (Å²) in [5.41, 5.74) is 1.44. The Kier molecular flexibility index (Phi) is 5.01. The molecular formula is C16H23NO3. The molecule has 0 radical (unpaired) electrons. The standard InChI is InChI=1S/C16H23NO3/c1-4-19-16(18)14-7-5-6-8-15(14)17-13-9-11(2)20-12(3)10-13/h5-8,11-13,17H,4,9-10H2,1-3H3. The van der Waals surface area contributed by atoms with Crippen molar-refractivity contribution in [1.29, 1.82) is 0 Å². The predicted octanol–water partition coefficient (Wildman–Crippen LogP) is 3.23. The molecular weight excluding hydrogens is 254 g/mol. The number of benzene rings is 1. The fraction of sp³-hybridized carbons (Fsp3) is 0.562. The van der Waals surface area contributed by atoms with Crippen LogP contribution in [0.25, 0.3) is 0 Å². The number of carbonyl (C=O) groups excluding carboxylic acids is 1. The largest absolute Gasteiger partial charge is 0.462 e. The molecule has 1 aromatic rings. The Morgan fingerprint density at radius 1 is 1.30 bits per heavy atom. The summed E-state index contributed by atoms with van der Waals surface area (Å²) in [5.74, 6) is -0.274. The zero-order valence-electron chi connectivity index (χ0n) is 12.4. The molecule has 2 rings (SSSR count). The first-order valence-electron chi connectivity index (χ1n) is 7.28. The maximum absolute atomic E-state index is 11.9. The maximum atomic E-state index is 11.9. The van der Waals surface area contributed by atoms with Crippen LogP contribution in [0.3, 0.4) is 0 Å². The van der Waals surface area contributed by atoms with Crippen LogP contribution in [0.15, 0.2) is 24.3 Å². The lowest BCUT2D eigenvalue weighted by atomic mass is 9.99. The van der Waals surface area contributed by atoms with Crippen LogP contribution in [-0.4, -0.2) is 30.8 Å². The van der Waals surface area contributed by atoms with E-state index >= 15 is 0 Å². The van der Waals surface area contributed by atoms with E-state index in [4.69, 9.17) is 9.47 Å². The summed E-state index contributed by atoms with van der Waals surface area (Å²) in [6, 6.07) is 7.83. The molecule has 1 aliphatic rings. The lowest BCUT2D eigenvalue weighted by Crippen LogP contribution is -2.37. The molecule has 1 N–H and O–H groups in total. The predicted molar refractivity (Wildman–Crippen MR) is 79.1 cm³/mol. The second kappa shape index (κ2) is 6.75. The molecule has 0 spiro atoms. The van der Waals surface area contributed by atoms with Gasteiger partial charge in [-0.3, -0.25) is 0 Å². The van der Waals surface area contributed by atoms with E-state index in [9.17, 15) is 4.79 Å². The summed E-state index contributed by atoms with van der Waals surface area (Å²) >= 11 is 0. The number of carbonyl (C=O) groups is 1. The van der Waals surface area contributed by atoms with E-state index in [1.54, 1.807) is 6.07 Å². The fourth-order valence-corrected chi connectivity index (χ4v) is 2.74. The van der Waals surface area contributed by atoms with E-state index in [0.717, 1.165) is 18.5 Å². The molecule has 1 heterocycles. The van der Waals surface area contributed by atoms with Crippen molar-refractivity contribution in [3.8, 4) is 0 Å². The minimum Gasteiger partial charge on any atom is -0.462 e. The molecule has 0 saturated carbocycles. The molecule has 1 fully saturated rings. The quantitative estimate of drug-likeness (QED) is 0.858. The number of hydrogen-bond acceptors (Lipinski definition) is 4. The maximum Gasteiger partial charge on any atom is 0.340 e. The summed E-state index contributed by atoms with van der Waals surface area (Å²) in [5, 5.41) is 3.47. The van der Waals surface area contributed by atoms with Crippen molar-refractivity contribution in [1.82, 2.24) is 0 Å². The van der Waals surface area contributed by atoms with Crippen LogP contribution in [0.5, 0.6) is 0 Å². The lowest BCUT2D eigenvalue weighted by Gasteiger charge is -2.33. The Morgan fingerprint density at radius 3 is 2.60 bits per heavy atom. The van der Waals surface area contributed by atoms with Crippen molar-refractivity contribution in [2.45, 2.75) is 51.9 Å². The first-order valence-corrected chi connectivity index (χ1v) is 7.28. The van der Waals surface area contributed by atoms with Crippen molar-refractivity contribution < 1.29 is 14.3 Å². The van der Waals surface area contributed by atoms with Gasteiger partial charge in [0.1, 0.15) is 0 Å². The second-order valence-electron chi connectivity index (χ2n) is 5.34. The third kappa shape index (κ3) is 3.73. The van der Waals surface area contributed by atoms with Crippen molar-refractivity contribution in [3.63, 3.8) is 0 Å². The van der Waals surface area contributed by atoms with Gasteiger partial charge in [-0.2, -0.15) is 0 Å². The van der Waals surface area contributed by atoms with Gasteiger partial charge in [0.2, 0.25) is 0 Å². The van der Waals surface area contributed by atoms with Crippen molar-refractivity contribution in [2.24, 2.45) is 0 Å². The highest BCUT2D eigenvalue weighted by molar-refractivity contribution is 5.95. The number of esters is 1. The van der Waals surface area contributed by atoms with Crippen LogP contribution in [-0.2, 0) is 9.47 Å². The highest BCUT2D eigenvalue weighted by Crippen LogP contribution is 2.24. The Morgan fingerprint density at radius 2 is 1.95 bits per heavy atom. The molecule has 0 aromatic heterocycles. The first kappa shape index (κ1) is 14.9. The SMILES string of the molecule is CCOC(=O)c1ccccc1NC1CC(C)OC(C)C1. The zero-order chi connectivity index (χ0) is 14.5. The molecule has 1 saturated heterocycles. The first-order chi connectivity index (χ1) is 9.60. The van der Waals surface area contributed by atoms with Crippen LogP contribution in [0.2, 0.25) is 0 Å². The van der Waals surface area contributed by atoms with Crippen LogP contribution < -0.4 is 5.32 Å². The van der Waals surface area contributed by atoms with E-state index in [1.165, 1.54) is 0 Å². The molecule has 2 atom stereocenters. The highest BCUT2D eigenvalue weighted by atomic mass is 16.5. The summed E-state index contributed by atoms with van der Waals surface area (Å²) < 4.78 is 10.8. The topological polar surface area (TPSA) is 47.6 Å². The van der Waals surface area contributed by atoms with Gasteiger partial charge in [0, 0.05) is 11.7 Å². The molecule has 0 bridgehead atoms. The molecule has 2 unspecified atom stereocenters. The average molecular weight is 277 g/mol. The Balaban J connectivity index is 2.10. The van der Waals surface area contributed by atoms with E-state index in [-0.39, 0.29) is 18.2 Å². The summed E-state index contributed by atoms with van der Waals surface area (Å²) in [7, 11) is 0. The van der Waals surface area contributed by atoms with Gasteiger partial charge >= 0.3 is 5.97 Å². The van der Waals surface area contributed by atoms with E-state index < -0.39 is 0 Å². The molecule has 4 heteroatoms.